The van der Waals surface area contributed by atoms with Crippen molar-refractivity contribution in [2.24, 2.45) is 0 Å². The van der Waals surface area contributed by atoms with Crippen LogP contribution in [0, 0.1) is 0 Å². The summed E-state index contributed by atoms with van der Waals surface area (Å²) in [5.74, 6) is 0. The number of alkyl halides is 1. The fourth-order valence-corrected chi connectivity index (χ4v) is 2.29. The Balaban J connectivity index is 3.16. The molecule has 0 aromatic carbocycles. The van der Waals surface area contributed by atoms with Crippen molar-refractivity contribution in [3.05, 3.63) is 0 Å². The SMILES string of the molecule is CC(CCCBr)O[SiH](C)C. The largest absolute Gasteiger partial charge is 0.418 e. The van der Waals surface area contributed by atoms with Crippen molar-refractivity contribution in [1.82, 2.24) is 0 Å². The summed E-state index contributed by atoms with van der Waals surface area (Å²) < 4.78 is 5.67. The van der Waals surface area contributed by atoms with Crippen LogP contribution in [-0.4, -0.2) is 20.5 Å². The smallest absolute Gasteiger partial charge is 0.171 e. The van der Waals surface area contributed by atoms with E-state index in [1.165, 1.54) is 12.8 Å². The second-order valence-electron chi connectivity index (χ2n) is 2.83. The second-order valence-corrected chi connectivity index (χ2v) is 5.99. The number of rotatable bonds is 5. The van der Waals surface area contributed by atoms with E-state index in [9.17, 15) is 0 Å². The van der Waals surface area contributed by atoms with Gasteiger partial charge in [0.15, 0.2) is 9.04 Å². The van der Waals surface area contributed by atoms with Crippen LogP contribution in [0.2, 0.25) is 13.1 Å². The summed E-state index contributed by atoms with van der Waals surface area (Å²) >= 11 is 3.40. The van der Waals surface area contributed by atoms with Crippen molar-refractivity contribution >= 4 is 25.0 Å². The van der Waals surface area contributed by atoms with E-state index >= 15 is 0 Å². The molecule has 0 aliphatic carbocycles. The molecule has 0 saturated carbocycles. The summed E-state index contributed by atoms with van der Waals surface area (Å²) in [6.07, 6.45) is 2.89. The molecule has 0 heterocycles. The van der Waals surface area contributed by atoms with Crippen molar-refractivity contribution in [3.8, 4) is 0 Å². The minimum absolute atomic E-state index is 0.476. The van der Waals surface area contributed by atoms with Gasteiger partial charge in [0.1, 0.15) is 0 Å². The van der Waals surface area contributed by atoms with Crippen LogP contribution in [0.25, 0.3) is 0 Å². The van der Waals surface area contributed by atoms with Gasteiger partial charge in [0, 0.05) is 11.4 Å². The van der Waals surface area contributed by atoms with E-state index in [0.717, 1.165) is 5.33 Å². The lowest BCUT2D eigenvalue weighted by Crippen LogP contribution is -2.17. The molecule has 1 atom stereocenters. The predicted octanol–water partition coefficient (Wildman–Crippen LogP) is 2.55. The first kappa shape index (κ1) is 10.7. The van der Waals surface area contributed by atoms with Gasteiger partial charge in [-0.3, -0.25) is 0 Å². The van der Waals surface area contributed by atoms with Crippen LogP contribution >= 0.6 is 15.9 Å². The molecule has 1 nitrogen and oxygen atoms in total. The van der Waals surface area contributed by atoms with E-state index in [4.69, 9.17) is 4.43 Å². The molecule has 0 amide bonds. The topological polar surface area (TPSA) is 9.23 Å². The molecular weight excluding hydrogens is 208 g/mol. The first-order chi connectivity index (χ1) is 4.66. The molecule has 0 spiro atoms. The van der Waals surface area contributed by atoms with E-state index < -0.39 is 9.04 Å². The maximum Gasteiger partial charge on any atom is 0.171 e. The van der Waals surface area contributed by atoms with Gasteiger partial charge in [0.25, 0.3) is 0 Å². The van der Waals surface area contributed by atoms with Gasteiger partial charge in [0.05, 0.1) is 0 Å². The van der Waals surface area contributed by atoms with E-state index in [1.807, 2.05) is 0 Å². The third-order valence-electron chi connectivity index (χ3n) is 1.25. The molecule has 0 aromatic heterocycles. The molecule has 3 heteroatoms. The molecule has 0 aliphatic heterocycles. The quantitative estimate of drug-likeness (QED) is 0.516. The molecule has 1 unspecified atom stereocenters. The summed E-state index contributed by atoms with van der Waals surface area (Å²) in [6, 6.07) is 0. The maximum absolute atomic E-state index is 5.67. The molecule has 0 fully saturated rings. The minimum Gasteiger partial charge on any atom is -0.418 e. The van der Waals surface area contributed by atoms with Crippen LogP contribution in [0.15, 0.2) is 0 Å². The van der Waals surface area contributed by atoms with Gasteiger partial charge in [0.2, 0.25) is 0 Å². The van der Waals surface area contributed by atoms with E-state index in [0.29, 0.717) is 6.10 Å². The Morgan fingerprint density at radius 1 is 1.50 bits per heavy atom. The lowest BCUT2D eigenvalue weighted by atomic mass is 10.2. The molecule has 62 valence electrons. The van der Waals surface area contributed by atoms with Crippen LogP contribution in [-0.2, 0) is 4.43 Å². The summed E-state index contributed by atoms with van der Waals surface area (Å²) in [5.41, 5.74) is 0. The number of halogens is 1. The van der Waals surface area contributed by atoms with Crippen molar-refractivity contribution < 1.29 is 4.43 Å². The fourth-order valence-electron chi connectivity index (χ4n) is 0.897. The highest BCUT2D eigenvalue weighted by atomic mass is 79.9. The van der Waals surface area contributed by atoms with Crippen LogP contribution in [0.1, 0.15) is 19.8 Å². The maximum atomic E-state index is 5.67. The normalized spacial score (nSPS) is 14.1. The van der Waals surface area contributed by atoms with E-state index in [2.05, 4.69) is 35.9 Å². The number of hydrogen-bond donors (Lipinski definition) is 0. The van der Waals surface area contributed by atoms with Crippen molar-refractivity contribution in [1.29, 1.82) is 0 Å². The standard InChI is InChI=1S/C7H17BrOSi/c1-7(5-4-6-8)9-10(2)3/h7,10H,4-6H2,1-3H3. The van der Waals surface area contributed by atoms with Crippen LogP contribution in [0.4, 0.5) is 0 Å². The molecule has 0 aliphatic rings. The zero-order valence-electron chi connectivity index (χ0n) is 7.06. The number of hydrogen-bond acceptors (Lipinski definition) is 1. The van der Waals surface area contributed by atoms with Crippen molar-refractivity contribution in [2.45, 2.75) is 39.0 Å². The Bertz CT molecular complexity index is 78.0. The highest BCUT2D eigenvalue weighted by molar-refractivity contribution is 9.09. The highest BCUT2D eigenvalue weighted by Crippen LogP contribution is 2.04. The monoisotopic (exact) mass is 224 g/mol. The molecule has 0 rings (SSSR count). The summed E-state index contributed by atoms with van der Waals surface area (Å²) in [4.78, 5) is 0. The average Bonchev–Trinajstić information content (AvgIpc) is 1.82. The average molecular weight is 225 g/mol. The Labute approximate surface area is 74.0 Å². The van der Waals surface area contributed by atoms with Crippen LogP contribution in [0.5, 0.6) is 0 Å². The lowest BCUT2D eigenvalue weighted by molar-refractivity contribution is 0.214. The van der Waals surface area contributed by atoms with Gasteiger partial charge >= 0.3 is 0 Å². The van der Waals surface area contributed by atoms with Crippen LogP contribution < -0.4 is 0 Å². The van der Waals surface area contributed by atoms with Crippen LogP contribution in [0.3, 0.4) is 0 Å². The van der Waals surface area contributed by atoms with Gasteiger partial charge < -0.3 is 4.43 Å². The first-order valence-electron chi connectivity index (χ1n) is 3.88. The first-order valence-corrected chi connectivity index (χ1v) is 7.78. The third kappa shape index (κ3) is 6.77. The Kier molecular flexibility index (Phi) is 6.79. The van der Waals surface area contributed by atoms with Gasteiger partial charge in [-0.05, 0) is 32.9 Å². The Morgan fingerprint density at radius 3 is 2.50 bits per heavy atom. The van der Waals surface area contributed by atoms with Gasteiger partial charge in [-0.15, -0.1) is 0 Å². The Hall–Kier alpha value is 0.657. The predicted molar refractivity (Wildman–Crippen MR) is 52.5 cm³/mol. The fraction of sp³-hybridized carbons (Fsp3) is 1.00. The Morgan fingerprint density at radius 2 is 2.10 bits per heavy atom. The zero-order valence-corrected chi connectivity index (χ0v) is 9.80. The van der Waals surface area contributed by atoms with Gasteiger partial charge in [-0.25, -0.2) is 0 Å². The molecule has 10 heavy (non-hydrogen) atoms. The third-order valence-corrected chi connectivity index (χ3v) is 2.82. The van der Waals surface area contributed by atoms with E-state index in [1.54, 1.807) is 0 Å². The van der Waals surface area contributed by atoms with E-state index in [-0.39, 0.29) is 0 Å². The summed E-state index contributed by atoms with van der Waals surface area (Å²) in [7, 11) is -0.786. The molecular formula is C7H17BrOSi. The molecule has 0 aromatic rings. The molecule has 0 bridgehead atoms. The van der Waals surface area contributed by atoms with Gasteiger partial charge in [-0.1, -0.05) is 15.9 Å². The lowest BCUT2D eigenvalue weighted by Gasteiger charge is -2.14. The van der Waals surface area contributed by atoms with Crippen molar-refractivity contribution in [2.75, 3.05) is 5.33 Å². The summed E-state index contributed by atoms with van der Waals surface area (Å²) in [5, 5.41) is 1.10. The zero-order chi connectivity index (χ0) is 7.98. The molecule has 0 radical (unpaired) electrons. The van der Waals surface area contributed by atoms with Crippen molar-refractivity contribution in [3.63, 3.8) is 0 Å². The summed E-state index contributed by atoms with van der Waals surface area (Å²) in [6.45, 7) is 6.59. The molecule has 0 saturated heterocycles. The highest BCUT2D eigenvalue weighted by Gasteiger charge is 2.03. The van der Waals surface area contributed by atoms with Gasteiger partial charge in [-0.2, -0.15) is 0 Å². The second kappa shape index (κ2) is 6.37. The minimum atomic E-state index is -0.786. The molecule has 0 N–H and O–H groups in total.